The Morgan fingerprint density at radius 1 is 1.38 bits per heavy atom. The minimum absolute atomic E-state index is 0.0349. The average molecular weight is 300 g/mol. The molecule has 0 bridgehead atoms. The lowest BCUT2D eigenvalue weighted by molar-refractivity contribution is 0.0970. The zero-order chi connectivity index (χ0) is 14.8. The van der Waals surface area contributed by atoms with Gasteiger partial charge in [0.2, 0.25) is 0 Å². The molecule has 1 aromatic carbocycles. The van der Waals surface area contributed by atoms with Gasteiger partial charge in [0.25, 0.3) is 5.56 Å². The molecule has 0 radical (unpaired) electrons. The van der Waals surface area contributed by atoms with Gasteiger partial charge >= 0.3 is 0 Å². The fourth-order valence-corrected chi connectivity index (χ4v) is 2.83. The Balaban J connectivity index is 1.92. The van der Waals surface area contributed by atoms with Gasteiger partial charge < -0.3 is 4.74 Å². The lowest BCUT2D eigenvalue weighted by Gasteiger charge is -2.06. The zero-order valence-corrected chi connectivity index (χ0v) is 12.1. The molecule has 5 nitrogen and oxygen atoms in total. The van der Waals surface area contributed by atoms with Crippen molar-refractivity contribution >= 4 is 27.3 Å². The number of rotatable bonds is 4. The van der Waals surface area contributed by atoms with Crippen LogP contribution >= 0.6 is 11.3 Å². The normalized spacial score (nSPS) is 10.7. The molecule has 0 unspecified atom stereocenters. The summed E-state index contributed by atoms with van der Waals surface area (Å²) in [4.78, 5) is 28.7. The Kier molecular flexibility index (Phi) is 3.53. The number of aromatic nitrogens is 2. The monoisotopic (exact) mass is 300 g/mol. The Bertz CT molecular complexity index is 866. The highest BCUT2D eigenvalue weighted by molar-refractivity contribution is 7.17. The Hall–Kier alpha value is -2.47. The highest BCUT2D eigenvalue weighted by Gasteiger charge is 2.11. The van der Waals surface area contributed by atoms with Gasteiger partial charge in [0.05, 0.1) is 25.5 Å². The van der Waals surface area contributed by atoms with Crippen LogP contribution in [0.4, 0.5) is 0 Å². The number of ketones is 1. The molecule has 0 aliphatic rings. The molecule has 106 valence electrons. The van der Waals surface area contributed by atoms with Crippen LogP contribution in [0.25, 0.3) is 10.2 Å². The van der Waals surface area contributed by atoms with E-state index < -0.39 is 0 Å². The SMILES string of the molecule is COc1cccc(C(=O)Cn2cnc3ccsc3c2=O)c1. The molecule has 0 aliphatic heterocycles. The number of methoxy groups -OCH3 is 1. The van der Waals surface area contributed by atoms with Crippen molar-refractivity contribution in [1.29, 1.82) is 0 Å². The zero-order valence-electron chi connectivity index (χ0n) is 11.3. The van der Waals surface area contributed by atoms with Gasteiger partial charge in [-0.15, -0.1) is 11.3 Å². The first-order valence-corrected chi connectivity index (χ1v) is 7.17. The largest absolute Gasteiger partial charge is 0.497 e. The molecule has 2 heterocycles. The van der Waals surface area contributed by atoms with Gasteiger partial charge in [-0.05, 0) is 23.6 Å². The van der Waals surface area contributed by atoms with Gasteiger partial charge in [-0.1, -0.05) is 12.1 Å². The molecular weight excluding hydrogens is 288 g/mol. The van der Waals surface area contributed by atoms with Crippen molar-refractivity contribution in [3.05, 3.63) is 58.0 Å². The first kappa shape index (κ1) is 13.5. The molecule has 21 heavy (non-hydrogen) atoms. The van der Waals surface area contributed by atoms with E-state index in [9.17, 15) is 9.59 Å². The number of benzene rings is 1. The Morgan fingerprint density at radius 2 is 2.24 bits per heavy atom. The summed E-state index contributed by atoms with van der Waals surface area (Å²) in [5.41, 5.74) is 0.980. The molecule has 0 fully saturated rings. The van der Waals surface area contributed by atoms with E-state index in [2.05, 4.69) is 4.98 Å². The molecular formula is C15H12N2O3S. The third-order valence-electron chi connectivity index (χ3n) is 3.14. The van der Waals surface area contributed by atoms with Crippen molar-refractivity contribution < 1.29 is 9.53 Å². The summed E-state index contributed by atoms with van der Waals surface area (Å²) < 4.78 is 6.99. The molecule has 0 spiro atoms. The standard InChI is InChI=1S/C15H12N2O3S/c1-20-11-4-2-3-10(7-11)13(18)8-17-9-16-12-5-6-21-14(12)15(17)19/h2-7,9H,8H2,1H3. The van der Waals surface area contributed by atoms with Crippen LogP contribution < -0.4 is 10.3 Å². The Labute approximate surface area is 124 Å². The number of thiophene rings is 1. The predicted octanol–water partition coefficient (Wildman–Crippen LogP) is 2.35. The molecule has 0 atom stereocenters. The molecule has 0 aliphatic carbocycles. The quantitative estimate of drug-likeness (QED) is 0.694. The minimum Gasteiger partial charge on any atom is -0.497 e. The smallest absolute Gasteiger partial charge is 0.271 e. The van der Waals surface area contributed by atoms with Crippen LogP contribution in [0.1, 0.15) is 10.4 Å². The summed E-state index contributed by atoms with van der Waals surface area (Å²) in [7, 11) is 1.54. The highest BCUT2D eigenvalue weighted by atomic mass is 32.1. The highest BCUT2D eigenvalue weighted by Crippen LogP contribution is 2.15. The molecule has 6 heteroatoms. The van der Waals surface area contributed by atoms with Gasteiger partial charge in [-0.25, -0.2) is 4.98 Å². The third-order valence-corrected chi connectivity index (χ3v) is 4.03. The van der Waals surface area contributed by atoms with Crippen molar-refractivity contribution in [3.8, 4) is 5.75 Å². The number of carbonyl (C=O) groups is 1. The van der Waals surface area contributed by atoms with Crippen LogP contribution in [0.5, 0.6) is 5.75 Å². The van der Waals surface area contributed by atoms with Gasteiger partial charge in [0.15, 0.2) is 5.78 Å². The molecule has 0 N–H and O–H groups in total. The van der Waals surface area contributed by atoms with E-state index in [0.717, 1.165) is 0 Å². The molecule has 3 rings (SSSR count). The first-order valence-electron chi connectivity index (χ1n) is 6.29. The summed E-state index contributed by atoms with van der Waals surface area (Å²) >= 11 is 1.33. The second-order valence-corrected chi connectivity index (χ2v) is 5.38. The first-order chi connectivity index (χ1) is 10.2. The Morgan fingerprint density at radius 3 is 3.05 bits per heavy atom. The lowest BCUT2D eigenvalue weighted by Crippen LogP contribution is -2.24. The van der Waals surface area contributed by atoms with Crippen LogP contribution in [0.2, 0.25) is 0 Å². The summed E-state index contributed by atoms with van der Waals surface area (Å²) in [6.07, 6.45) is 1.41. The number of carbonyl (C=O) groups excluding carboxylic acids is 1. The van der Waals surface area contributed by atoms with Crippen molar-refractivity contribution in [2.24, 2.45) is 0 Å². The van der Waals surface area contributed by atoms with Crippen molar-refractivity contribution in [1.82, 2.24) is 9.55 Å². The van der Waals surface area contributed by atoms with E-state index in [1.165, 1.54) is 22.2 Å². The molecule has 2 aromatic heterocycles. The number of hydrogen-bond donors (Lipinski definition) is 0. The lowest BCUT2D eigenvalue weighted by atomic mass is 10.1. The maximum Gasteiger partial charge on any atom is 0.271 e. The minimum atomic E-state index is -0.189. The van der Waals surface area contributed by atoms with Crippen molar-refractivity contribution in [2.75, 3.05) is 7.11 Å². The second kappa shape index (κ2) is 5.49. The summed E-state index contributed by atoms with van der Waals surface area (Å²) in [5, 5.41) is 1.81. The number of fused-ring (bicyclic) bond motifs is 1. The van der Waals surface area contributed by atoms with E-state index in [-0.39, 0.29) is 17.9 Å². The van der Waals surface area contributed by atoms with Crippen molar-refractivity contribution in [2.45, 2.75) is 6.54 Å². The van der Waals surface area contributed by atoms with Gasteiger partial charge in [0, 0.05) is 5.56 Å². The fraction of sp³-hybridized carbons (Fsp3) is 0.133. The summed E-state index contributed by atoms with van der Waals surface area (Å²) in [6.45, 7) is -0.0349. The van der Waals surface area contributed by atoms with E-state index in [1.54, 1.807) is 37.4 Å². The van der Waals surface area contributed by atoms with Gasteiger partial charge in [0.1, 0.15) is 10.4 Å². The maximum atomic E-state index is 12.3. The summed E-state index contributed by atoms with van der Waals surface area (Å²) in [6, 6.07) is 8.66. The molecule has 0 saturated carbocycles. The number of hydrogen-bond acceptors (Lipinski definition) is 5. The average Bonchev–Trinajstić information content (AvgIpc) is 2.99. The van der Waals surface area contributed by atoms with Crippen LogP contribution in [-0.2, 0) is 6.54 Å². The van der Waals surface area contributed by atoms with Crippen LogP contribution in [-0.4, -0.2) is 22.4 Å². The van der Waals surface area contributed by atoms with Crippen molar-refractivity contribution in [3.63, 3.8) is 0 Å². The summed E-state index contributed by atoms with van der Waals surface area (Å²) in [5.74, 6) is 0.453. The molecule has 0 saturated heterocycles. The van der Waals surface area contributed by atoms with Crippen LogP contribution in [0.15, 0.2) is 46.8 Å². The van der Waals surface area contributed by atoms with Gasteiger partial charge in [-0.2, -0.15) is 0 Å². The number of nitrogens with zero attached hydrogens (tertiary/aromatic N) is 2. The number of Topliss-reactive ketones (excluding diaryl/α,β-unsaturated/α-hetero) is 1. The number of ether oxygens (including phenoxy) is 1. The second-order valence-electron chi connectivity index (χ2n) is 4.47. The molecule has 0 amide bonds. The topological polar surface area (TPSA) is 61.2 Å². The van der Waals surface area contributed by atoms with E-state index >= 15 is 0 Å². The van der Waals surface area contributed by atoms with E-state index in [1.807, 2.05) is 5.38 Å². The fourth-order valence-electron chi connectivity index (χ4n) is 2.03. The molecule has 3 aromatic rings. The van der Waals surface area contributed by atoms with E-state index in [0.29, 0.717) is 21.5 Å². The third kappa shape index (κ3) is 2.57. The maximum absolute atomic E-state index is 12.3. The predicted molar refractivity (Wildman–Crippen MR) is 81.2 cm³/mol. The van der Waals surface area contributed by atoms with Crippen LogP contribution in [0, 0.1) is 0 Å². The van der Waals surface area contributed by atoms with Gasteiger partial charge in [-0.3, -0.25) is 14.2 Å². The van der Waals surface area contributed by atoms with E-state index in [4.69, 9.17) is 4.74 Å². The van der Waals surface area contributed by atoms with Crippen LogP contribution in [0.3, 0.4) is 0 Å².